The topological polar surface area (TPSA) is 44.4 Å². The lowest BCUT2D eigenvalue weighted by Gasteiger charge is -2.13. The van der Waals surface area contributed by atoms with E-state index in [4.69, 9.17) is 0 Å². The van der Waals surface area contributed by atoms with Crippen molar-refractivity contribution >= 4 is 23.0 Å². The normalized spacial score (nSPS) is 10.2. The minimum atomic E-state index is -0.995. The summed E-state index contributed by atoms with van der Waals surface area (Å²) in [6.07, 6.45) is 0. The molecule has 2 rings (SSSR count). The Hall–Kier alpha value is -2.63. The van der Waals surface area contributed by atoms with Crippen LogP contribution in [0.4, 0.5) is 25.8 Å². The van der Waals surface area contributed by atoms with Gasteiger partial charge in [0, 0.05) is 37.2 Å². The molecule has 4 nitrogen and oxygen atoms in total. The highest BCUT2D eigenvalue weighted by Gasteiger charge is 2.06. The summed E-state index contributed by atoms with van der Waals surface area (Å²) in [6.45, 7) is 0.0281. The van der Waals surface area contributed by atoms with E-state index in [0.29, 0.717) is 0 Å². The molecule has 2 N–H and O–H groups in total. The van der Waals surface area contributed by atoms with Crippen LogP contribution < -0.4 is 15.5 Å². The van der Waals surface area contributed by atoms with Crippen molar-refractivity contribution in [1.29, 1.82) is 0 Å². The van der Waals surface area contributed by atoms with Crippen LogP contribution in [0, 0.1) is 11.6 Å². The molecule has 0 spiro atoms. The first-order valence-electron chi connectivity index (χ1n) is 6.72. The summed E-state index contributed by atoms with van der Waals surface area (Å²) in [6, 6.07) is 10.8. The molecule has 0 bridgehead atoms. The van der Waals surface area contributed by atoms with Gasteiger partial charge in [0.25, 0.3) is 0 Å². The molecule has 0 aliphatic heterocycles. The number of amides is 1. The molecule has 2 aromatic carbocycles. The van der Waals surface area contributed by atoms with Gasteiger partial charge in [-0.15, -0.1) is 0 Å². The van der Waals surface area contributed by atoms with Crippen LogP contribution in [0.2, 0.25) is 0 Å². The van der Waals surface area contributed by atoms with Crippen LogP contribution >= 0.6 is 0 Å². The minimum Gasteiger partial charge on any atom is -0.378 e. The lowest BCUT2D eigenvalue weighted by Crippen LogP contribution is -2.21. The average Bonchev–Trinajstić information content (AvgIpc) is 2.49. The van der Waals surface area contributed by atoms with E-state index >= 15 is 0 Å². The summed E-state index contributed by atoms with van der Waals surface area (Å²) in [5, 5.41) is 5.45. The van der Waals surface area contributed by atoms with E-state index in [2.05, 4.69) is 10.6 Å². The smallest absolute Gasteiger partial charge is 0.243 e. The Kier molecular flexibility index (Phi) is 4.93. The zero-order chi connectivity index (χ0) is 16.1. The van der Waals surface area contributed by atoms with Gasteiger partial charge in [-0.3, -0.25) is 4.79 Å². The van der Waals surface area contributed by atoms with Gasteiger partial charge in [0.2, 0.25) is 5.91 Å². The summed E-state index contributed by atoms with van der Waals surface area (Å²) in [5.74, 6) is -2.29. The summed E-state index contributed by atoms with van der Waals surface area (Å²) >= 11 is 0. The van der Waals surface area contributed by atoms with Crippen LogP contribution in [-0.2, 0) is 4.79 Å². The van der Waals surface area contributed by atoms with Gasteiger partial charge in [-0.25, -0.2) is 8.78 Å². The lowest BCUT2D eigenvalue weighted by molar-refractivity contribution is -0.114. The minimum absolute atomic E-state index is 0.0281. The summed E-state index contributed by atoms with van der Waals surface area (Å²) in [4.78, 5) is 13.7. The Morgan fingerprint density at radius 2 is 1.64 bits per heavy atom. The first kappa shape index (κ1) is 15.8. The third-order valence-corrected chi connectivity index (χ3v) is 3.04. The molecule has 116 valence electrons. The van der Waals surface area contributed by atoms with Gasteiger partial charge < -0.3 is 15.5 Å². The molecule has 1 amide bonds. The van der Waals surface area contributed by atoms with Gasteiger partial charge in [0.1, 0.15) is 0 Å². The second-order valence-electron chi connectivity index (χ2n) is 4.97. The molecule has 6 heteroatoms. The number of hydrogen-bond donors (Lipinski definition) is 2. The van der Waals surface area contributed by atoms with E-state index in [1.165, 1.54) is 6.07 Å². The number of nitrogens with one attached hydrogen (secondary N) is 2. The Morgan fingerprint density at radius 1 is 1.00 bits per heavy atom. The van der Waals surface area contributed by atoms with Gasteiger partial charge in [-0.05, 0) is 36.4 Å². The second-order valence-corrected chi connectivity index (χ2v) is 4.97. The van der Waals surface area contributed by atoms with Crippen molar-refractivity contribution in [2.75, 3.05) is 36.2 Å². The SMILES string of the molecule is CN(C)c1ccc(NCC(=O)Nc2ccc(F)c(F)c2)cc1. The molecule has 0 aliphatic carbocycles. The van der Waals surface area contributed by atoms with E-state index in [-0.39, 0.29) is 18.1 Å². The molecular weight excluding hydrogens is 288 g/mol. The first-order chi connectivity index (χ1) is 10.5. The Labute approximate surface area is 127 Å². The fourth-order valence-electron chi connectivity index (χ4n) is 1.84. The number of rotatable bonds is 5. The van der Waals surface area contributed by atoms with Gasteiger partial charge in [0.15, 0.2) is 11.6 Å². The standard InChI is InChI=1S/C16H17F2N3O/c1-21(2)13-6-3-11(4-7-13)19-10-16(22)20-12-5-8-14(17)15(18)9-12/h3-9,19H,10H2,1-2H3,(H,20,22). The molecule has 0 atom stereocenters. The maximum atomic E-state index is 13.0. The van der Waals surface area contributed by atoms with Crippen LogP contribution in [0.5, 0.6) is 0 Å². The maximum absolute atomic E-state index is 13.0. The Bertz CT molecular complexity index is 657. The first-order valence-corrected chi connectivity index (χ1v) is 6.72. The van der Waals surface area contributed by atoms with E-state index in [1.807, 2.05) is 43.3 Å². The van der Waals surface area contributed by atoms with Gasteiger partial charge in [-0.2, -0.15) is 0 Å². The fraction of sp³-hybridized carbons (Fsp3) is 0.188. The molecule has 0 aliphatic rings. The number of anilines is 3. The molecule has 0 unspecified atom stereocenters. The van der Waals surface area contributed by atoms with E-state index in [0.717, 1.165) is 23.5 Å². The predicted octanol–water partition coefficient (Wildman–Crippen LogP) is 3.08. The van der Waals surface area contributed by atoms with Crippen molar-refractivity contribution in [2.45, 2.75) is 0 Å². The molecule has 0 fully saturated rings. The Morgan fingerprint density at radius 3 is 2.23 bits per heavy atom. The predicted molar refractivity (Wildman–Crippen MR) is 84.2 cm³/mol. The summed E-state index contributed by atoms with van der Waals surface area (Å²) in [5.41, 5.74) is 2.07. The van der Waals surface area contributed by atoms with Crippen LogP contribution in [0.15, 0.2) is 42.5 Å². The Balaban J connectivity index is 1.88. The van der Waals surface area contributed by atoms with Crippen molar-refractivity contribution in [2.24, 2.45) is 0 Å². The van der Waals surface area contributed by atoms with Crippen molar-refractivity contribution in [3.05, 3.63) is 54.1 Å². The van der Waals surface area contributed by atoms with Crippen molar-refractivity contribution in [3.8, 4) is 0 Å². The summed E-state index contributed by atoms with van der Waals surface area (Å²) in [7, 11) is 3.88. The zero-order valence-corrected chi connectivity index (χ0v) is 12.4. The van der Waals surface area contributed by atoms with Crippen molar-refractivity contribution < 1.29 is 13.6 Å². The third kappa shape index (κ3) is 4.18. The average molecular weight is 305 g/mol. The van der Waals surface area contributed by atoms with Crippen molar-refractivity contribution in [1.82, 2.24) is 0 Å². The molecule has 0 saturated carbocycles. The van der Waals surface area contributed by atoms with E-state index in [9.17, 15) is 13.6 Å². The molecule has 2 aromatic rings. The molecule has 0 aromatic heterocycles. The maximum Gasteiger partial charge on any atom is 0.243 e. The van der Waals surface area contributed by atoms with E-state index in [1.54, 1.807) is 0 Å². The highest BCUT2D eigenvalue weighted by Crippen LogP contribution is 2.16. The van der Waals surface area contributed by atoms with Gasteiger partial charge in [-0.1, -0.05) is 0 Å². The highest BCUT2D eigenvalue weighted by molar-refractivity contribution is 5.93. The van der Waals surface area contributed by atoms with Crippen molar-refractivity contribution in [3.63, 3.8) is 0 Å². The van der Waals surface area contributed by atoms with Crippen LogP contribution in [0.3, 0.4) is 0 Å². The van der Waals surface area contributed by atoms with Crippen LogP contribution in [-0.4, -0.2) is 26.5 Å². The van der Waals surface area contributed by atoms with Gasteiger partial charge in [0.05, 0.1) is 6.54 Å². The highest BCUT2D eigenvalue weighted by atomic mass is 19.2. The molecule has 22 heavy (non-hydrogen) atoms. The lowest BCUT2D eigenvalue weighted by atomic mass is 10.2. The second kappa shape index (κ2) is 6.89. The number of carbonyl (C=O) groups excluding carboxylic acids is 1. The fourth-order valence-corrected chi connectivity index (χ4v) is 1.84. The molecule has 0 heterocycles. The summed E-state index contributed by atoms with van der Waals surface area (Å²) < 4.78 is 25.8. The molecule has 0 radical (unpaired) electrons. The number of carbonyl (C=O) groups is 1. The van der Waals surface area contributed by atoms with E-state index < -0.39 is 11.6 Å². The number of nitrogens with zero attached hydrogens (tertiary/aromatic N) is 1. The largest absolute Gasteiger partial charge is 0.378 e. The van der Waals surface area contributed by atoms with Gasteiger partial charge >= 0.3 is 0 Å². The van der Waals surface area contributed by atoms with Crippen LogP contribution in [0.1, 0.15) is 0 Å². The third-order valence-electron chi connectivity index (χ3n) is 3.04. The number of hydrogen-bond acceptors (Lipinski definition) is 3. The molecular formula is C16H17F2N3O. The van der Waals surface area contributed by atoms with Crippen LogP contribution in [0.25, 0.3) is 0 Å². The molecule has 0 saturated heterocycles. The monoisotopic (exact) mass is 305 g/mol. The number of halogens is 2. The zero-order valence-electron chi connectivity index (χ0n) is 12.4. The quantitative estimate of drug-likeness (QED) is 0.892. The number of benzene rings is 2.